The van der Waals surface area contributed by atoms with Crippen molar-refractivity contribution < 1.29 is 9.90 Å². The maximum absolute atomic E-state index is 11.2. The third kappa shape index (κ3) is 2.29. The highest BCUT2D eigenvalue weighted by molar-refractivity contribution is 6.33. The Kier molecular flexibility index (Phi) is 3.11. The van der Waals surface area contributed by atoms with Crippen LogP contribution in [0.5, 0.6) is 0 Å². The second kappa shape index (κ2) is 4.55. The fraction of sp³-hybridized carbons (Fsp3) is 0.0769. The first-order chi connectivity index (χ1) is 8.09. The summed E-state index contributed by atoms with van der Waals surface area (Å²) in [7, 11) is 0. The molecule has 2 rings (SSSR count). The van der Waals surface area contributed by atoms with Crippen molar-refractivity contribution in [1.82, 2.24) is 4.98 Å². The molecule has 86 valence electrons. The molecule has 0 amide bonds. The Morgan fingerprint density at radius 3 is 2.53 bits per heavy atom. The number of aromatic nitrogens is 1. The average Bonchev–Trinajstić information content (AvgIpc) is 2.28. The predicted molar refractivity (Wildman–Crippen MR) is 66.4 cm³/mol. The first-order valence-electron chi connectivity index (χ1n) is 5.05. The summed E-state index contributed by atoms with van der Waals surface area (Å²) in [5.74, 6) is -1.07. The van der Waals surface area contributed by atoms with Gasteiger partial charge in [0.15, 0.2) is 0 Å². The largest absolute Gasteiger partial charge is 0.478 e. The lowest BCUT2D eigenvalue weighted by Crippen LogP contribution is -2.03. The SMILES string of the molecule is Cc1cc(-c2ccccc2)c(C(=O)O)c(Cl)n1. The number of pyridine rings is 1. The summed E-state index contributed by atoms with van der Waals surface area (Å²) >= 11 is 5.89. The normalized spacial score (nSPS) is 10.2. The number of aryl methyl sites for hydroxylation is 1. The molecule has 3 nitrogen and oxygen atoms in total. The van der Waals surface area contributed by atoms with Crippen LogP contribution < -0.4 is 0 Å². The fourth-order valence-corrected chi connectivity index (χ4v) is 2.00. The van der Waals surface area contributed by atoms with Crippen LogP contribution in [-0.2, 0) is 0 Å². The first kappa shape index (κ1) is 11.6. The summed E-state index contributed by atoms with van der Waals surface area (Å²) in [4.78, 5) is 15.2. The van der Waals surface area contributed by atoms with Gasteiger partial charge in [-0.1, -0.05) is 41.9 Å². The maximum Gasteiger partial charge on any atom is 0.339 e. The molecule has 0 fully saturated rings. The van der Waals surface area contributed by atoms with Crippen molar-refractivity contribution in [3.63, 3.8) is 0 Å². The van der Waals surface area contributed by atoms with Gasteiger partial charge in [0, 0.05) is 11.3 Å². The van der Waals surface area contributed by atoms with E-state index < -0.39 is 5.97 Å². The highest BCUT2D eigenvalue weighted by Crippen LogP contribution is 2.28. The van der Waals surface area contributed by atoms with Gasteiger partial charge in [-0.25, -0.2) is 9.78 Å². The Labute approximate surface area is 104 Å². The molecule has 0 saturated carbocycles. The van der Waals surface area contributed by atoms with Crippen molar-refractivity contribution >= 4 is 17.6 Å². The third-order valence-corrected chi connectivity index (χ3v) is 2.68. The molecule has 1 aromatic carbocycles. The number of benzene rings is 1. The van der Waals surface area contributed by atoms with Crippen LogP contribution in [0.3, 0.4) is 0 Å². The number of halogens is 1. The van der Waals surface area contributed by atoms with Gasteiger partial charge in [-0.05, 0) is 18.6 Å². The Morgan fingerprint density at radius 2 is 1.94 bits per heavy atom. The van der Waals surface area contributed by atoms with Gasteiger partial charge in [-0.2, -0.15) is 0 Å². The van der Waals surface area contributed by atoms with Gasteiger partial charge in [0.05, 0.1) is 0 Å². The van der Waals surface area contributed by atoms with E-state index in [1.54, 1.807) is 13.0 Å². The number of carboxylic acids is 1. The average molecular weight is 248 g/mol. The quantitative estimate of drug-likeness (QED) is 0.828. The first-order valence-corrected chi connectivity index (χ1v) is 5.43. The van der Waals surface area contributed by atoms with Crippen LogP contribution in [-0.4, -0.2) is 16.1 Å². The predicted octanol–water partition coefficient (Wildman–Crippen LogP) is 3.41. The molecular weight excluding hydrogens is 238 g/mol. The zero-order valence-corrected chi connectivity index (χ0v) is 9.90. The molecule has 0 aliphatic carbocycles. The number of rotatable bonds is 2. The molecule has 1 heterocycles. The molecule has 0 aliphatic rings. The number of nitrogens with zero attached hydrogens (tertiary/aromatic N) is 1. The van der Waals surface area contributed by atoms with Gasteiger partial charge in [0.2, 0.25) is 0 Å². The molecule has 17 heavy (non-hydrogen) atoms. The lowest BCUT2D eigenvalue weighted by Gasteiger charge is -2.08. The van der Waals surface area contributed by atoms with Crippen molar-refractivity contribution in [1.29, 1.82) is 0 Å². The third-order valence-electron chi connectivity index (χ3n) is 2.40. The Hall–Kier alpha value is -1.87. The Bertz CT molecular complexity index is 567. The summed E-state index contributed by atoms with van der Waals surface area (Å²) in [5, 5.41) is 9.20. The van der Waals surface area contributed by atoms with Gasteiger partial charge in [0.1, 0.15) is 10.7 Å². The highest BCUT2D eigenvalue weighted by atomic mass is 35.5. The Balaban J connectivity index is 2.72. The van der Waals surface area contributed by atoms with Crippen LogP contribution >= 0.6 is 11.6 Å². The van der Waals surface area contributed by atoms with E-state index in [2.05, 4.69) is 4.98 Å². The van der Waals surface area contributed by atoms with Crippen LogP contribution in [0.15, 0.2) is 36.4 Å². The minimum absolute atomic E-state index is 0.0244. The van der Waals surface area contributed by atoms with Gasteiger partial charge < -0.3 is 5.11 Å². The zero-order valence-electron chi connectivity index (χ0n) is 9.14. The lowest BCUT2D eigenvalue weighted by atomic mass is 10.0. The number of carbonyl (C=O) groups is 1. The number of hydrogen-bond acceptors (Lipinski definition) is 2. The molecule has 0 spiro atoms. The highest BCUT2D eigenvalue weighted by Gasteiger charge is 2.17. The second-order valence-corrected chi connectivity index (χ2v) is 4.01. The van der Waals surface area contributed by atoms with E-state index in [0.717, 1.165) is 5.56 Å². The molecule has 0 unspecified atom stereocenters. The topological polar surface area (TPSA) is 50.2 Å². The molecule has 1 aromatic heterocycles. The van der Waals surface area contributed by atoms with Gasteiger partial charge in [0.25, 0.3) is 0 Å². The van der Waals surface area contributed by atoms with Crippen LogP contribution in [0.4, 0.5) is 0 Å². The van der Waals surface area contributed by atoms with Crippen molar-refractivity contribution in [2.45, 2.75) is 6.92 Å². The monoisotopic (exact) mass is 247 g/mol. The zero-order chi connectivity index (χ0) is 12.4. The van der Waals surface area contributed by atoms with Crippen molar-refractivity contribution in [3.05, 3.63) is 52.8 Å². The van der Waals surface area contributed by atoms with E-state index in [1.165, 1.54) is 0 Å². The van der Waals surface area contributed by atoms with Gasteiger partial charge in [-0.3, -0.25) is 0 Å². The lowest BCUT2D eigenvalue weighted by molar-refractivity contribution is 0.0697. The van der Waals surface area contributed by atoms with Gasteiger partial charge >= 0.3 is 5.97 Å². The molecule has 0 saturated heterocycles. The number of aromatic carboxylic acids is 1. The van der Waals surface area contributed by atoms with Crippen molar-refractivity contribution in [2.24, 2.45) is 0 Å². The standard InChI is InChI=1S/C13H10ClNO2/c1-8-7-10(9-5-3-2-4-6-9)11(13(16)17)12(14)15-8/h2-7H,1H3,(H,16,17). The van der Waals surface area contributed by atoms with E-state index in [1.807, 2.05) is 30.3 Å². The summed E-state index contributed by atoms with van der Waals surface area (Å²) in [6.07, 6.45) is 0. The van der Waals surface area contributed by atoms with Crippen LogP contribution in [0.1, 0.15) is 16.1 Å². The van der Waals surface area contributed by atoms with Gasteiger partial charge in [-0.15, -0.1) is 0 Å². The van der Waals surface area contributed by atoms with E-state index in [0.29, 0.717) is 11.3 Å². The van der Waals surface area contributed by atoms with Crippen molar-refractivity contribution in [3.8, 4) is 11.1 Å². The molecule has 0 aliphatic heterocycles. The molecule has 0 radical (unpaired) electrons. The minimum Gasteiger partial charge on any atom is -0.478 e. The summed E-state index contributed by atoms with van der Waals surface area (Å²) in [6.45, 7) is 1.78. The maximum atomic E-state index is 11.2. The molecule has 4 heteroatoms. The van der Waals surface area contributed by atoms with Crippen LogP contribution in [0.25, 0.3) is 11.1 Å². The summed E-state index contributed by atoms with van der Waals surface area (Å²) in [5.41, 5.74) is 2.15. The smallest absolute Gasteiger partial charge is 0.339 e. The molecule has 2 aromatic rings. The summed E-state index contributed by atoms with van der Waals surface area (Å²) in [6, 6.07) is 11.0. The van der Waals surface area contributed by atoms with E-state index >= 15 is 0 Å². The number of carboxylic acid groups (broad SMARTS) is 1. The molecule has 1 N–H and O–H groups in total. The Morgan fingerprint density at radius 1 is 1.29 bits per heavy atom. The molecular formula is C13H10ClNO2. The summed E-state index contributed by atoms with van der Waals surface area (Å²) < 4.78 is 0. The number of hydrogen-bond donors (Lipinski definition) is 1. The second-order valence-electron chi connectivity index (χ2n) is 3.65. The van der Waals surface area contributed by atoms with Crippen LogP contribution in [0.2, 0.25) is 5.15 Å². The molecule has 0 atom stereocenters. The van der Waals surface area contributed by atoms with E-state index in [9.17, 15) is 9.90 Å². The van der Waals surface area contributed by atoms with E-state index in [-0.39, 0.29) is 10.7 Å². The minimum atomic E-state index is -1.07. The fourth-order valence-electron chi connectivity index (χ4n) is 1.68. The van der Waals surface area contributed by atoms with E-state index in [4.69, 9.17) is 11.6 Å². The van der Waals surface area contributed by atoms with Crippen molar-refractivity contribution in [2.75, 3.05) is 0 Å². The molecule has 0 bridgehead atoms. The van der Waals surface area contributed by atoms with Crippen LogP contribution in [0, 0.1) is 6.92 Å².